The van der Waals surface area contributed by atoms with Gasteiger partial charge in [0.05, 0.1) is 18.7 Å². The van der Waals surface area contributed by atoms with E-state index in [0.717, 1.165) is 19.6 Å². The molecule has 10 heteroatoms. The predicted molar refractivity (Wildman–Crippen MR) is 136 cm³/mol. The van der Waals surface area contributed by atoms with Gasteiger partial charge in [-0.3, -0.25) is 4.79 Å². The Hall–Kier alpha value is -3.20. The molecule has 1 aromatic heterocycles. The van der Waals surface area contributed by atoms with E-state index in [-0.39, 0.29) is 24.7 Å². The minimum atomic E-state index is -4.62. The molecule has 198 valence electrons. The number of nitrogens with zero attached hydrogens (tertiary/aromatic N) is 3. The second-order valence-corrected chi connectivity index (χ2v) is 9.97. The van der Waals surface area contributed by atoms with Gasteiger partial charge in [0.2, 0.25) is 0 Å². The molecule has 0 bridgehead atoms. The van der Waals surface area contributed by atoms with Crippen molar-refractivity contribution in [3.8, 4) is 34.5 Å². The zero-order chi connectivity index (χ0) is 27.4. The van der Waals surface area contributed by atoms with Crippen LogP contribution in [0.5, 0.6) is 11.8 Å². The van der Waals surface area contributed by atoms with Crippen molar-refractivity contribution in [3.63, 3.8) is 0 Å². The van der Waals surface area contributed by atoms with Gasteiger partial charge in [-0.1, -0.05) is 31.5 Å². The summed E-state index contributed by atoms with van der Waals surface area (Å²) in [6.07, 6.45) is -4.79. The van der Waals surface area contributed by atoms with Crippen LogP contribution in [0, 0.1) is 11.3 Å². The monoisotopic (exact) mass is 535 g/mol. The highest BCUT2D eigenvalue weighted by Gasteiger charge is 2.51. The SMILES string of the molecule is COc1nc(-c2ccc(OCC(C)C)cc2)nc(-c2cc(CCC(=O)C(C)(C)C(F)(F)F)ccc2Cl)n1. The molecular formula is C27H29ClF3N3O3. The van der Waals surface area contributed by atoms with Crippen LogP contribution in [0.2, 0.25) is 5.02 Å². The van der Waals surface area contributed by atoms with Gasteiger partial charge in [-0.05, 0) is 68.1 Å². The van der Waals surface area contributed by atoms with Crippen molar-refractivity contribution < 1.29 is 27.4 Å². The molecule has 0 aliphatic heterocycles. The molecule has 0 saturated carbocycles. The smallest absolute Gasteiger partial charge is 0.400 e. The van der Waals surface area contributed by atoms with Gasteiger partial charge in [0.15, 0.2) is 11.6 Å². The van der Waals surface area contributed by atoms with Crippen LogP contribution in [0.4, 0.5) is 13.2 Å². The number of carbonyl (C=O) groups is 1. The van der Waals surface area contributed by atoms with Crippen molar-refractivity contribution in [2.24, 2.45) is 11.3 Å². The molecule has 0 spiro atoms. The zero-order valence-electron chi connectivity index (χ0n) is 21.3. The topological polar surface area (TPSA) is 74.2 Å². The van der Waals surface area contributed by atoms with Crippen LogP contribution >= 0.6 is 11.6 Å². The van der Waals surface area contributed by atoms with Gasteiger partial charge >= 0.3 is 12.2 Å². The van der Waals surface area contributed by atoms with E-state index in [2.05, 4.69) is 28.8 Å². The Morgan fingerprint density at radius 3 is 2.24 bits per heavy atom. The molecule has 0 unspecified atom stereocenters. The van der Waals surface area contributed by atoms with Gasteiger partial charge in [0, 0.05) is 17.5 Å². The fourth-order valence-corrected chi connectivity index (χ4v) is 3.49. The molecule has 2 aromatic carbocycles. The number of carbonyl (C=O) groups excluding carboxylic acids is 1. The van der Waals surface area contributed by atoms with Crippen LogP contribution in [-0.4, -0.2) is 40.6 Å². The quantitative estimate of drug-likeness (QED) is 0.278. The number of aromatic nitrogens is 3. The van der Waals surface area contributed by atoms with Crippen LogP contribution in [0.1, 0.15) is 39.7 Å². The maximum absolute atomic E-state index is 13.2. The number of ether oxygens (including phenoxy) is 2. The van der Waals surface area contributed by atoms with Crippen LogP contribution in [0.25, 0.3) is 22.8 Å². The van der Waals surface area contributed by atoms with Crippen molar-refractivity contribution in [2.45, 2.75) is 46.7 Å². The van der Waals surface area contributed by atoms with Crippen molar-refractivity contribution in [2.75, 3.05) is 13.7 Å². The van der Waals surface area contributed by atoms with Crippen molar-refractivity contribution in [3.05, 3.63) is 53.1 Å². The Morgan fingerprint density at radius 1 is 1.00 bits per heavy atom. The molecule has 0 fully saturated rings. The first kappa shape index (κ1) is 28.4. The summed E-state index contributed by atoms with van der Waals surface area (Å²) < 4.78 is 50.6. The minimum Gasteiger partial charge on any atom is -0.493 e. The number of methoxy groups -OCH3 is 1. The third-order valence-electron chi connectivity index (χ3n) is 5.81. The highest BCUT2D eigenvalue weighted by Crippen LogP contribution is 2.39. The largest absolute Gasteiger partial charge is 0.493 e. The number of halogens is 4. The maximum atomic E-state index is 13.2. The number of benzene rings is 2. The molecule has 3 rings (SSSR count). The Balaban J connectivity index is 1.88. The average Bonchev–Trinajstić information content (AvgIpc) is 2.86. The van der Waals surface area contributed by atoms with E-state index in [1.54, 1.807) is 18.2 Å². The number of rotatable bonds is 10. The first-order chi connectivity index (χ1) is 17.3. The van der Waals surface area contributed by atoms with Gasteiger partial charge in [0.25, 0.3) is 0 Å². The van der Waals surface area contributed by atoms with Crippen molar-refractivity contribution in [1.29, 1.82) is 0 Å². The lowest BCUT2D eigenvalue weighted by atomic mass is 9.84. The van der Waals surface area contributed by atoms with Crippen LogP contribution in [0.15, 0.2) is 42.5 Å². The normalized spacial score (nSPS) is 12.1. The third-order valence-corrected chi connectivity index (χ3v) is 6.14. The average molecular weight is 536 g/mol. The van der Waals surface area contributed by atoms with Gasteiger partial charge in [-0.25, -0.2) is 4.98 Å². The Bertz CT molecular complexity index is 1250. The fourth-order valence-electron chi connectivity index (χ4n) is 3.29. The molecule has 0 saturated heterocycles. The molecule has 0 atom stereocenters. The van der Waals surface area contributed by atoms with E-state index in [1.165, 1.54) is 7.11 Å². The first-order valence-corrected chi connectivity index (χ1v) is 12.1. The summed E-state index contributed by atoms with van der Waals surface area (Å²) in [7, 11) is 1.43. The van der Waals surface area contributed by atoms with Crippen LogP contribution < -0.4 is 9.47 Å². The van der Waals surface area contributed by atoms with E-state index in [0.29, 0.717) is 40.1 Å². The molecule has 0 radical (unpaired) electrons. The lowest BCUT2D eigenvalue weighted by molar-refractivity contribution is -0.210. The molecule has 37 heavy (non-hydrogen) atoms. The summed E-state index contributed by atoms with van der Waals surface area (Å²) in [5.41, 5.74) is -0.654. The maximum Gasteiger partial charge on any atom is 0.400 e. The van der Waals surface area contributed by atoms with E-state index in [9.17, 15) is 18.0 Å². The molecule has 1 heterocycles. The molecule has 0 aliphatic rings. The summed E-state index contributed by atoms with van der Waals surface area (Å²) in [5.74, 6) is 0.806. The summed E-state index contributed by atoms with van der Waals surface area (Å²) >= 11 is 6.43. The van der Waals surface area contributed by atoms with Gasteiger partial charge in [0.1, 0.15) is 16.9 Å². The Morgan fingerprint density at radius 2 is 1.65 bits per heavy atom. The van der Waals surface area contributed by atoms with Gasteiger partial charge in [-0.15, -0.1) is 0 Å². The molecule has 0 N–H and O–H groups in total. The number of Topliss-reactive ketones (excluding diaryl/α,β-unsaturated/α-hetero) is 1. The molecular weight excluding hydrogens is 507 g/mol. The van der Waals surface area contributed by atoms with Crippen molar-refractivity contribution >= 4 is 17.4 Å². The standard InChI is InChI=1S/C27H29ClF3N3O3/c1-16(2)15-37-19-10-8-18(9-11-19)23-32-24(34-25(33-23)36-5)20-14-17(6-12-21(20)28)7-13-22(35)26(3,4)27(29,30)31/h6,8-12,14,16H,7,13,15H2,1-5H3. The lowest BCUT2D eigenvalue weighted by Crippen LogP contribution is -2.39. The number of hydrogen-bond donors (Lipinski definition) is 0. The van der Waals surface area contributed by atoms with Crippen LogP contribution in [-0.2, 0) is 11.2 Å². The minimum absolute atomic E-state index is 0.0729. The summed E-state index contributed by atoms with van der Waals surface area (Å²) in [6, 6.07) is 12.3. The second-order valence-electron chi connectivity index (χ2n) is 9.56. The molecule has 3 aromatic rings. The Labute approximate surface area is 219 Å². The molecule has 0 amide bonds. The number of ketones is 1. The van der Waals surface area contributed by atoms with Gasteiger partial charge in [-0.2, -0.15) is 23.1 Å². The third kappa shape index (κ3) is 6.97. The zero-order valence-corrected chi connectivity index (χ0v) is 22.1. The second kappa shape index (κ2) is 11.5. The first-order valence-electron chi connectivity index (χ1n) is 11.7. The van der Waals surface area contributed by atoms with Crippen LogP contribution in [0.3, 0.4) is 0 Å². The lowest BCUT2D eigenvalue weighted by Gasteiger charge is -2.26. The number of alkyl halides is 3. The summed E-state index contributed by atoms with van der Waals surface area (Å²) in [6.45, 7) is 6.51. The van der Waals surface area contributed by atoms with E-state index in [4.69, 9.17) is 21.1 Å². The highest BCUT2D eigenvalue weighted by molar-refractivity contribution is 6.33. The molecule has 6 nitrogen and oxygen atoms in total. The number of aryl methyl sites for hydroxylation is 1. The Kier molecular flexibility index (Phi) is 8.79. The van der Waals surface area contributed by atoms with E-state index in [1.807, 2.05) is 24.3 Å². The fraction of sp³-hybridized carbons (Fsp3) is 0.407. The molecule has 0 aliphatic carbocycles. The summed E-state index contributed by atoms with van der Waals surface area (Å²) in [5, 5.41) is 0.335. The van der Waals surface area contributed by atoms with Crippen molar-refractivity contribution in [1.82, 2.24) is 15.0 Å². The number of hydrogen-bond acceptors (Lipinski definition) is 6. The highest BCUT2D eigenvalue weighted by atomic mass is 35.5. The van der Waals surface area contributed by atoms with Gasteiger partial charge < -0.3 is 9.47 Å². The van der Waals surface area contributed by atoms with E-state index < -0.39 is 17.4 Å². The predicted octanol–water partition coefficient (Wildman–Crippen LogP) is 6.99. The summed E-state index contributed by atoms with van der Waals surface area (Å²) in [4.78, 5) is 25.5. The van der Waals surface area contributed by atoms with E-state index >= 15 is 0 Å².